The van der Waals surface area contributed by atoms with Crippen LogP contribution in [0.3, 0.4) is 0 Å². The highest BCUT2D eigenvalue weighted by molar-refractivity contribution is 5.46. The zero-order valence-electron chi connectivity index (χ0n) is 9.24. The van der Waals surface area contributed by atoms with Crippen molar-refractivity contribution in [3.8, 4) is 11.5 Å². The molecule has 84 valence electrons. The molecule has 4 nitrogen and oxygen atoms in total. The molecule has 0 amide bonds. The second-order valence-electron chi connectivity index (χ2n) is 3.45. The fourth-order valence-corrected chi connectivity index (χ4v) is 1.64. The van der Waals surface area contributed by atoms with Crippen molar-refractivity contribution in [1.82, 2.24) is 5.32 Å². The Morgan fingerprint density at radius 2 is 2.13 bits per heavy atom. The maximum Gasteiger partial charge on any atom is 0.128 e. The fourth-order valence-electron chi connectivity index (χ4n) is 1.64. The van der Waals surface area contributed by atoms with E-state index in [-0.39, 0.29) is 5.75 Å². The molecule has 1 atom stereocenters. The van der Waals surface area contributed by atoms with Gasteiger partial charge in [0.15, 0.2) is 0 Å². The molecule has 1 aromatic rings. The lowest BCUT2D eigenvalue weighted by Crippen LogP contribution is -2.18. The van der Waals surface area contributed by atoms with E-state index in [1.165, 1.54) is 13.2 Å². The number of aromatic hydroxyl groups is 1. The summed E-state index contributed by atoms with van der Waals surface area (Å²) in [6.07, 6.45) is -0.634. The Morgan fingerprint density at radius 1 is 1.47 bits per heavy atom. The number of ether oxygens (including phenoxy) is 1. The monoisotopic (exact) mass is 211 g/mol. The minimum Gasteiger partial charge on any atom is -0.508 e. The Morgan fingerprint density at radius 3 is 2.67 bits per heavy atom. The number of benzene rings is 1. The maximum atomic E-state index is 9.88. The summed E-state index contributed by atoms with van der Waals surface area (Å²) in [7, 11) is 3.29. The zero-order chi connectivity index (χ0) is 11.4. The van der Waals surface area contributed by atoms with Gasteiger partial charge in [-0.1, -0.05) is 0 Å². The molecule has 0 aromatic heterocycles. The molecule has 0 aliphatic rings. The second-order valence-corrected chi connectivity index (χ2v) is 3.45. The summed E-state index contributed by atoms with van der Waals surface area (Å²) >= 11 is 0. The van der Waals surface area contributed by atoms with Crippen LogP contribution in [0.4, 0.5) is 0 Å². The lowest BCUT2D eigenvalue weighted by molar-refractivity contribution is 0.172. The van der Waals surface area contributed by atoms with E-state index in [9.17, 15) is 10.2 Å². The van der Waals surface area contributed by atoms with Crippen LogP contribution in [0.25, 0.3) is 0 Å². The lowest BCUT2D eigenvalue weighted by Gasteiger charge is -2.17. The highest BCUT2D eigenvalue weighted by Gasteiger charge is 2.16. The van der Waals surface area contributed by atoms with Gasteiger partial charge in [0, 0.05) is 18.2 Å². The molecular formula is C11H17NO3. The van der Waals surface area contributed by atoms with Gasteiger partial charge in [0.05, 0.1) is 13.2 Å². The fraction of sp³-hybridized carbons (Fsp3) is 0.455. The highest BCUT2D eigenvalue weighted by Crippen LogP contribution is 2.32. The summed E-state index contributed by atoms with van der Waals surface area (Å²) in [5, 5.41) is 22.2. The Hall–Kier alpha value is -1.26. The minimum absolute atomic E-state index is 0.143. The van der Waals surface area contributed by atoms with Crippen LogP contribution in [0.15, 0.2) is 12.1 Å². The van der Waals surface area contributed by atoms with Crippen LogP contribution < -0.4 is 10.1 Å². The summed E-state index contributed by atoms with van der Waals surface area (Å²) < 4.78 is 5.13. The van der Waals surface area contributed by atoms with E-state index in [0.717, 1.165) is 5.56 Å². The molecule has 0 aliphatic heterocycles. The zero-order valence-corrected chi connectivity index (χ0v) is 9.24. The number of hydrogen-bond donors (Lipinski definition) is 3. The summed E-state index contributed by atoms with van der Waals surface area (Å²) in [6.45, 7) is 2.28. The number of nitrogens with one attached hydrogen (secondary N) is 1. The number of hydrogen-bond acceptors (Lipinski definition) is 4. The Labute approximate surface area is 89.5 Å². The van der Waals surface area contributed by atoms with Gasteiger partial charge in [-0.3, -0.25) is 0 Å². The van der Waals surface area contributed by atoms with Crippen molar-refractivity contribution < 1.29 is 14.9 Å². The van der Waals surface area contributed by atoms with Crippen molar-refractivity contribution in [2.75, 3.05) is 20.7 Å². The molecule has 0 radical (unpaired) electrons. The predicted octanol–water partition coefficient (Wildman–Crippen LogP) is 0.962. The average molecular weight is 211 g/mol. The van der Waals surface area contributed by atoms with Crippen molar-refractivity contribution in [2.45, 2.75) is 13.0 Å². The first kappa shape index (κ1) is 11.8. The van der Waals surface area contributed by atoms with Gasteiger partial charge in [-0.05, 0) is 25.6 Å². The SMILES string of the molecule is CNCC(O)c1c(C)cc(O)cc1OC. The molecule has 0 heterocycles. The molecule has 3 N–H and O–H groups in total. The second kappa shape index (κ2) is 5.00. The van der Waals surface area contributed by atoms with E-state index < -0.39 is 6.10 Å². The van der Waals surface area contributed by atoms with Crippen LogP contribution in [0, 0.1) is 6.92 Å². The van der Waals surface area contributed by atoms with Gasteiger partial charge in [-0.15, -0.1) is 0 Å². The summed E-state index contributed by atoms with van der Waals surface area (Å²) in [5.41, 5.74) is 1.53. The van der Waals surface area contributed by atoms with Gasteiger partial charge in [0.25, 0.3) is 0 Å². The average Bonchev–Trinajstić information content (AvgIpc) is 2.16. The predicted molar refractivity (Wildman–Crippen MR) is 58.3 cm³/mol. The molecule has 1 rings (SSSR count). The molecule has 0 saturated heterocycles. The van der Waals surface area contributed by atoms with Crippen LogP contribution in [0.5, 0.6) is 11.5 Å². The molecule has 0 fully saturated rings. The third kappa shape index (κ3) is 2.61. The summed E-state index contributed by atoms with van der Waals surface area (Å²) in [5.74, 6) is 0.653. The van der Waals surface area contributed by atoms with Gasteiger partial charge >= 0.3 is 0 Å². The van der Waals surface area contributed by atoms with E-state index in [2.05, 4.69) is 5.32 Å². The van der Waals surface area contributed by atoms with E-state index in [4.69, 9.17) is 4.74 Å². The van der Waals surface area contributed by atoms with Gasteiger partial charge in [-0.25, -0.2) is 0 Å². The quantitative estimate of drug-likeness (QED) is 0.694. The van der Waals surface area contributed by atoms with Crippen LogP contribution >= 0.6 is 0 Å². The largest absolute Gasteiger partial charge is 0.508 e. The summed E-state index contributed by atoms with van der Waals surface area (Å²) in [6, 6.07) is 3.11. The molecule has 0 saturated carbocycles. The van der Waals surface area contributed by atoms with E-state index in [0.29, 0.717) is 17.9 Å². The Balaban J connectivity index is 3.14. The summed E-state index contributed by atoms with van der Waals surface area (Å²) in [4.78, 5) is 0. The van der Waals surface area contributed by atoms with Crippen molar-refractivity contribution in [3.63, 3.8) is 0 Å². The van der Waals surface area contributed by atoms with Crippen molar-refractivity contribution in [1.29, 1.82) is 0 Å². The molecule has 1 unspecified atom stereocenters. The van der Waals surface area contributed by atoms with Crippen molar-refractivity contribution >= 4 is 0 Å². The first-order valence-electron chi connectivity index (χ1n) is 4.80. The number of aliphatic hydroxyl groups is 1. The van der Waals surface area contributed by atoms with Crippen LogP contribution in [-0.4, -0.2) is 30.9 Å². The number of methoxy groups -OCH3 is 1. The van der Waals surface area contributed by atoms with Gasteiger partial charge < -0.3 is 20.3 Å². The topological polar surface area (TPSA) is 61.7 Å². The van der Waals surface area contributed by atoms with Crippen molar-refractivity contribution in [2.24, 2.45) is 0 Å². The highest BCUT2D eigenvalue weighted by atomic mass is 16.5. The van der Waals surface area contributed by atoms with Gasteiger partial charge in [0.1, 0.15) is 11.5 Å². The third-order valence-corrected chi connectivity index (χ3v) is 2.28. The molecule has 1 aromatic carbocycles. The molecule has 4 heteroatoms. The third-order valence-electron chi connectivity index (χ3n) is 2.28. The number of aryl methyl sites for hydroxylation is 1. The Bertz CT molecular complexity index is 339. The minimum atomic E-state index is -0.634. The molecule has 0 bridgehead atoms. The van der Waals surface area contributed by atoms with Crippen LogP contribution in [-0.2, 0) is 0 Å². The smallest absolute Gasteiger partial charge is 0.128 e. The van der Waals surface area contributed by atoms with E-state index >= 15 is 0 Å². The van der Waals surface area contributed by atoms with E-state index in [1.54, 1.807) is 13.1 Å². The number of phenols is 1. The number of phenolic OH excluding ortho intramolecular Hbond substituents is 1. The normalized spacial score (nSPS) is 12.5. The standard InChI is InChI=1S/C11H17NO3/c1-7-4-8(13)5-10(15-3)11(7)9(14)6-12-2/h4-5,9,12-14H,6H2,1-3H3. The maximum absolute atomic E-state index is 9.88. The van der Waals surface area contributed by atoms with Gasteiger partial charge in [0.2, 0.25) is 0 Å². The first-order valence-corrected chi connectivity index (χ1v) is 4.80. The van der Waals surface area contributed by atoms with Gasteiger partial charge in [-0.2, -0.15) is 0 Å². The van der Waals surface area contributed by atoms with Crippen LogP contribution in [0.2, 0.25) is 0 Å². The molecule has 0 aliphatic carbocycles. The van der Waals surface area contributed by atoms with Crippen LogP contribution in [0.1, 0.15) is 17.2 Å². The lowest BCUT2D eigenvalue weighted by atomic mass is 10.0. The number of likely N-dealkylation sites (N-methyl/N-ethyl adjacent to an activating group) is 1. The van der Waals surface area contributed by atoms with Crippen molar-refractivity contribution in [3.05, 3.63) is 23.3 Å². The Kier molecular flexibility index (Phi) is 3.94. The van der Waals surface area contributed by atoms with E-state index in [1.807, 2.05) is 6.92 Å². The number of aliphatic hydroxyl groups excluding tert-OH is 1. The molecule has 0 spiro atoms. The first-order chi connectivity index (χ1) is 7.10. The molecule has 15 heavy (non-hydrogen) atoms. The molecular weight excluding hydrogens is 194 g/mol. The number of rotatable bonds is 4.